The fourth-order valence-corrected chi connectivity index (χ4v) is 2.34. The molecule has 2 heterocycles. The maximum Gasteiger partial charge on any atom is 0.419 e. The van der Waals surface area contributed by atoms with Crippen molar-refractivity contribution in [3.63, 3.8) is 0 Å². The number of nitrogens with zero attached hydrogens (tertiary/aromatic N) is 1. The zero-order valence-corrected chi connectivity index (χ0v) is 11.4. The van der Waals surface area contributed by atoms with Crippen LogP contribution in [0.5, 0.6) is 0 Å². The van der Waals surface area contributed by atoms with Crippen LogP contribution in [-0.4, -0.2) is 9.67 Å². The van der Waals surface area contributed by atoms with Crippen LogP contribution in [0.2, 0.25) is 5.22 Å². The highest BCUT2D eigenvalue weighted by Gasteiger charge is 2.17. The molecular weight excluding hydrogens is 282 g/mol. The van der Waals surface area contributed by atoms with Crippen molar-refractivity contribution in [2.24, 2.45) is 0 Å². The average Bonchev–Trinajstić information content (AvgIpc) is 2.99. The summed E-state index contributed by atoms with van der Waals surface area (Å²) in [6, 6.07) is 8.26. The molecule has 2 aromatic heterocycles. The Morgan fingerprint density at radius 3 is 2.75 bits per heavy atom. The summed E-state index contributed by atoms with van der Waals surface area (Å²) >= 11 is 5.69. The lowest BCUT2D eigenvalue weighted by molar-refractivity contribution is 0.189. The molecule has 0 radical (unpaired) electrons. The van der Waals surface area contributed by atoms with E-state index in [0.29, 0.717) is 29.0 Å². The van der Waals surface area contributed by atoms with E-state index in [2.05, 4.69) is 0 Å². The number of hydrogen-bond donors (Lipinski definition) is 1. The number of aromatic nitrogens is 1. The second-order valence-corrected chi connectivity index (χ2v) is 4.76. The van der Waals surface area contributed by atoms with Crippen LogP contribution in [-0.2, 0) is 6.54 Å². The molecular formula is C14H12ClNO4. The molecule has 1 unspecified atom stereocenters. The SMILES string of the molecule is CCn1c(=O)oc2cc(C(O)c3ccc(Cl)o3)ccc21. The van der Waals surface area contributed by atoms with Crippen LogP contribution in [0, 0.1) is 0 Å². The van der Waals surface area contributed by atoms with Gasteiger partial charge in [-0.05, 0) is 48.4 Å². The van der Waals surface area contributed by atoms with Crippen LogP contribution >= 0.6 is 11.6 Å². The predicted molar refractivity (Wildman–Crippen MR) is 73.9 cm³/mol. The van der Waals surface area contributed by atoms with Crippen LogP contribution in [0.25, 0.3) is 11.1 Å². The van der Waals surface area contributed by atoms with Gasteiger partial charge in [-0.3, -0.25) is 4.57 Å². The van der Waals surface area contributed by atoms with E-state index in [9.17, 15) is 9.90 Å². The van der Waals surface area contributed by atoms with E-state index in [1.807, 2.05) is 6.92 Å². The molecule has 0 amide bonds. The van der Waals surface area contributed by atoms with Crippen molar-refractivity contribution in [2.75, 3.05) is 0 Å². The molecule has 1 atom stereocenters. The lowest BCUT2D eigenvalue weighted by Gasteiger charge is -2.07. The Morgan fingerprint density at radius 1 is 1.30 bits per heavy atom. The third kappa shape index (κ3) is 2.05. The van der Waals surface area contributed by atoms with Crippen LogP contribution < -0.4 is 5.76 Å². The molecule has 20 heavy (non-hydrogen) atoms. The molecule has 6 heteroatoms. The normalized spacial score (nSPS) is 12.9. The third-order valence-electron chi connectivity index (χ3n) is 3.19. The van der Waals surface area contributed by atoms with Gasteiger partial charge in [0.2, 0.25) is 0 Å². The third-order valence-corrected chi connectivity index (χ3v) is 3.39. The molecule has 0 saturated heterocycles. The average molecular weight is 294 g/mol. The maximum absolute atomic E-state index is 11.6. The summed E-state index contributed by atoms with van der Waals surface area (Å²) in [5, 5.41) is 10.4. The van der Waals surface area contributed by atoms with Gasteiger partial charge in [0.1, 0.15) is 11.9 Å². The Labute approximate surface area is 119 Å². The largest absolute Gasteiger partial charge is 0.447 e. The first kappa shape index (κ1) is 13.0. The first-order valence-corrected chi connectivity index (χ1v) is 6.54. The summed E-state index contributed by atoms with van der Waals surface area (Å²) in [5.74, 6) is -0.0678. The highest BCUT2D eigenvalue weighted by molar-refractivity contribution is 6.28. The molecule has 0 saturated carbocycles. The van der Waals surface area contributed by atoms with Crippen molar-refractivity contribution in [3.05, 3.63) is 57.4 Å². The molecule has 0 aliphatic rings. The molecule has 0 aliphatic heterocycles. The number of aliphatic hydroxyl groups excluding tert-OH is 1. The highest BCUT2D eigenvalue weighted by Crippen LogP contribution is 2.27. The molecule has 0 fully saturated rings. The Morgan fingerprint density at radius 2 is 2.10 bits per heavy atom. The Bertz CT molecular complexity index is 814. The number of benzene rings is 1. The second kappa shape index (κ2) is 4.85. The van der Waals surface area contributed by atoms with Gasteiger partial charge >= 0.3 is 5.76 Å². The number of halogens is 1. The maximum atomic E-state index is 11.6. The number of fused-ring (bicyclic) bond motifs is 1. The van der Waals surface area contributed by atoms with Gasteiger partial charge in [-0.2, -0.15) is 0 Å². The van der Waals surface area contributed by atoms with Gasteiger partial charge in [-0.15, -0.1) is 0 Å². The molecule has 1 aromatic carbocycles. The number of aryl methyl sites for hydroxylation is 1. The second-order valence-electron chi connectivity index (χ2n) is 4.38. The van der Waals surface area contributed by atoms with Gasteiger partial charge in [0.25, 0.3) is 0 Å². The van der Waals surface area contributed by atoms with Gasteiger partial charge in [0, 0.05) is 6.54 Å². The lowest BCUT2D eigenvalue weighted by atomic mass is 10.1. The summed E-state index contributed by atoms with van der Waals surface area (Å²) in [6.07, 6.45) is -0.956. The number of furan rings is 1. The predicted octanol–water partition coefficient (Wildman–Crippen LogP) is 2.94. The van der Waals surface area contributed by atoms with Crippen molar-refractivity contribution in [2.45, 2.75) is 19.6 Å². The Balaban J connectivity index is 2.07. The van der Waals surface area contributed by atoms with Crippen molar-refractivity contribution in [3.8, 4) is 0 Å². The van der Waals surface area contributed by atoms with Crippen molar-refractivity contribution < 1.29 is 13.9 Å². The van der Waals surface area contributed by atoms with Gasteiger partial charge in [-0.25, -0.2) is 4.79 Å². The van der Waals surface area contributed by atoms with Crippen LogP contribution in [0.3, 0.4) is 0 Å². The molecule has 5 nitrogen and oxygen atoms in total. The number of aliphatic hydroxyl groups is 1. The summed E-state index contributed by atoms with van der Waals surface area (Å²) in [6.45, 7) is 2.39. The summed E-state index contributed by atoms with van der Waals surface area (Å²) in [5.41, 5.74) is 1.71. The fraction of sp³-hybridized carbons (Fsp3) is 0.214. The first-order chi connectivity index (χ1) is 9.60. The minimum absolute atomic E-state index is 0.212. The fourth-order valence-electron chi connectivity index (χ4n) is 2.19. The van der Waals surface area contributed by atoms with Crippen LogP contribution in [0.1, 0.15) is 24.4 Å². The van der Waals surface area contributed by atoms with Gasteiger partial charge in [-0.1, -0.05) is 6.07 Å². The molecule has 1 N–H and O–H groups in total. The smallest absolute Gasteiger partial charge is 0.419 e. The zero-order valence-electron chi connectivity index (χ0n) is 10.7. The molecule has 104 valence electrons. The van der Waals surface area contributed by atoms with Gasteiger partial charge in [0.05, 0.1) is 5.52 Å². The van der Waals surface area contributed by atoms with E-state index < -0.39 is 11.9 Å². The first-order valence-electron chi connectivity index (χ1n) is 6.16. The zero-order chi connectivity index (χ0) is 14.3. The molecule has 0 bridgehead atoms. The summed E-state index contributed by atoms with van der Waals surface area (Å²) in [7, 11) is 0. The van der Waals surface area contributed by atoms with Crippen LogP contribution in [0.4, 0.5) is 0 Å². The van der Waals surface area contributed by atoms with Gasteiger partial charge in [0.15, 0.2) is 10.8 Å². The Hall–Kier alpha value is -1.98. The van der Waals surface area contributed by atoms with Crippen molar-refractivity contribution in [1.82, 2.24) is 4.57 Å². The minimum atomic E-state index is -0.956. The number of rotatable bonds is 3. The monoisotopic (exact) mass is 293 g/mol. The minimum Gasteiger partial charge on any atom is -0.447 e. The lowest BCUT2D eigenvalue weighted by Crippen LogP contribution is -2.11. The quantitative estimate of drug-likeness (QED) is 0.806. The van der Waals surface area contributed by atoms with Crippen molar-refractivity contribution in [1.29, 1.82) is 0 Å². The topological polar surface area (TPSA) is 68.5 Å². The number of hydrogen-bond acceptors (Lipinski definition) is 4. The standard InChI is InChI=1S/C14H12ClNO4/c1-2-16-9-4-3-8(7-11(9)20-14(16)18)13(17)10-5-6-12(15)19-10/h3-7,13,17H,2H2,1H3. The van der Waals surface area contributed by atoms with E-state index >= 15 is 0 Å². The molecule has 0 aliphatic carbocycles. The molecule has 3 aromatic rings. The highest BCUT2D eigenvalue weighted by atomic mass is 35.5. The van der Waals surface area contributed by atoms with E-state index in [-0.39, 0.29) is 5.22 Å². The van der Waals surface area contributed by atoms with E-state index in [1.54, 1.807) is 30.3 Å². The molecule has 0 spiro atoms. The van der Waals surface area contributed by atoms with Gasteiger partial charge < -0.3 is 13.9 Å². The van der Waals surface area contributed by atoms with E-state index in [0.717, 1.165) is 0 Å². The number of oxazole rings is 1. The molecule has 3 rings (SSSR count). The summed E-state index contributed by atoms with van der Waals surface area (Å²) in [4.78, 5) is 11.6. The van der Waals surface area contributed by atoms with E-state index in [4.69, 9.17) is 20.4 Å². The van der Waals surface area contributed by atoms with Crippen LogP contribution in [0.15, 0.2) is 44.0 Å². The Kier molecular flexibility index (Phi) is 3.16. The van der Waals surface area contributed by atoms with E-state index in [1.165, 1.54) is 4.57 Å². The summed E-state index contributed by atoms with van der Waals surface area (Å²) < 4.78 is 11.9. The van der Waals surface area contributed by atoms with Crippen molar-refractivity contribution >= 4 is 22.7 Å².